The van der Waals surface area contributed by atoms with E-state index in [1.165, 1.54) is 29.6 Å². The van der Waals surface area contributed by atoms with Gasteiger partial charge in [-0.1, -0.05) is 48.0 Å². The molecule has 0 amide bonds. The summed E-state index contributed by atoms with van der Waals surface area (Å²) in [6.45, 7) is 0.0741. The van der Waals surface area contributed by atoms with Crippen LogP contribution in [0.3, 0.4) is 0 Å². The molecule has 6 nitrogen and oxygen atoms in total. The number of ether oxygens (including phenoxy) is 1. The second kappa shape index (κ2) is 8.60. The number of furan rings is 1. The van der Waals surface area contributed by atoms with Gasteiger partial charge < -0.3 is 9.15 Å². The van der Waals surface area contributed by atoms with Gasteiger partial charge in [-0.2, -0.15) is 4.31 Å². The van der Waals surface area contributed by atoms with Crippen LogP contribution in [0.4, 0.5) is 0 Å². The van der Waals surface area contributed by atoms with Crippen LogP contribution < -0.4 is 0 Å². The maximum atomic E-state index is 13.2. The van der Waals surface area contributed by atoms with Crippen molar-refractivity contribution in [2.75, 3.05) is 7.11 Å². The molecule has 0 saturated carbocycles. The fourth-order valence-corrected chi connectivity index (χ4v) is 4.33. The van der Waals surface area contributed by atoms with Gasteiger partial charge in [-0.3, -0.25) is 0 Å². The molecule has 0 atom stereocenters. The summed E-state index contributed by atoms with van der Waals surface area (Å²) in [5.41, 5.74) is 0.813. The number of sulfonamides is 1. The quantitative estimate of drug-likeness (QED) is 0.538. The van der Waals surface area contributed by atoms with Crippen LogP contribution in [-0.4, -0.2) is 25.8 Å². The van der Waals surface area contributed by atoms with Crippen LogP contribution in [-0.2, 0) is 27.8 Å². The Morgan fingerprint density at radius 2 is 1.79 bits per heavy atom. The molecule has 3 rings (SSSR count). The molecule has 0 aliphatic rings. The minimum Gasteiger partial charge on any atom is -0.463 e. The Bertz CT molecular complexity index is 1060. The SMILES string of the molecule is COC(=O)c1ccc(CN(Cc2ccccc2)S(=O)(=O)c2cccc(Cl)c2)o1. The number of halogens is 1. The number of carbonyl (C=O) groups is 1. The molecule has 0 spiro atoms. The molecule has 0 aliphatic carbocycles. The highest BCUT2D eigenvalue weighted by atomic mass is 35.5. The number of benzene rings is 2. The van der Waals surface area contributed by atoms with Crippen LogP contribution in [0, 0.1) is 0 Å². The van der Waals surface area contributed by atoms with Gasteiger partial charge in [-0.05, 0) is 35.9 Å². The van der Waals surface area contributed by atoms with E-state index >= 15 is 0 Å². The fourth-order valence-electron chi connectivity index (χ4n) is 2.64. The van der Waals surface area contributed by atoms with E-state index < -0.39 is 16.0 Å². The van der Waals surface area contributed by atoms with E-state index in [2.05, 4.69) is 4.74 Å². The fraction of sp³-hybridized carbons (Fsp3) is 0.150. The van der Waals surface area contributed by atoms with Crippen molar-refractivity contribution >= 4 is 27.6 Å². The van der Waals surface area contributed by atoms with E-state index in [1.54, 1.807) is 18.2 Å². The summed E-state index contributed by atoms with van der Waals surface area (Å²) in [5.74, 6) is -0.294. The largest absolute Gasteiger partial charge is 0.463 e. The molecule has 0 bridgehead atoms. The molecule has 3 aromatic rings. The Morgan fingerprint density at radius 1 is 1.04 bits per heavy atom. The van der Waals surface area contributed by atoms with Gasteiger partial charge in [0.15, 0.2) is 0 Å². The Hall–Kier alpha value is -2.61. The predicted molar refractivity (Wildman–Crippen MR) is 104 cm³/mol. The minimum atomic E-state index is -3.86. The van der Waals surface area contributed by atoms with Gasteiger partial charge in [0, 0.05) is 11.6 Å². The molecule has 2 aromatic carbocycles. The van der Waals surface area contributed by atoms with Gasteiger partial charge in [-0.25, -0.2) is 13.2 Å². The van der Waals surface area contributed by atoms with Crippen molar-refractivity contribution in [1.29, 1.82) is 0 Å². The Labute approximate surface area is 168 Å². The smallest absolute Gasteiger partial charge is 0.373 e. The summed E-state index contributed by atoms with van der Waals surface area (Å²) in [6.07, 6.45) is 0. The molecule has 28 heavy (non-hydrogen) atoms. The van der Waals surface area contributed by atoms with E-state index in [9.17, 15) is 13.2 Å². The van der Waals surface area contributed by atoms with Crippen molar-refractivity contribution in [2.24, 2.45) is 0 Å². The summed E-state index contributed by atoms with van der Waals surface area (Å²) in [7, 11) is -2.62. The molecule has 0 saturated heterocycles. The average Bonchev–Trinajstić information content (AvgIpc) is 3.16. The van der Waals surface area contributed by atoms with Crippen molar-refractivity contribution < 1.29 is 22.4 Å². The van der Waals surface area contributed by atoms with E-state index in [4.69, 9.17) is 16.0 Å². The summed E-state index contributed by atoms with van der Waals surface area (Å²) in [4.78, 5) is 11.7. The maximum Gasteiger partial charge on any atom is 0.373 e. The third kappa shape index (κ3) is 4.62. The first-order valence-electron chi connectivity index (χ1n) is 8.37. The lowest BCUT2D eigenvalue weighted by Gasteiger charge is -2.21. The number of rotatable bonds is 7. The first-order chi connectivity index (χ1) is 13.4. The van der Waals surface area contributed by atoms with Gasteiger partial charge in [0.1, 0.15) is 5.76 Å². The van der Waals surface area contributed by atoms with Gasteiger partial charge in [-0.15, -0.1) is 0 Å². The minimum absolute atomic E-state index is 0.0114. The summed E-state index contributed by atoms with van der Waals surface area (Å²) in [5, 5.41) is 0.326. The Morgan fingerprint density at radius 3 is 2.46 bits per heavy atom. The zero-order valence-electron chi connectivity index (χ0n) is 15.0. The zero-order valence-corrected chi connectivity index (χ0v) is 16.6. The van der Waals surface area contributed by atoms with E-state index in [1.807, 2.05) is 30.3 Å². The number of hydrogen-bond acceptors (Lipinski definition) is 5. The van der Waals surface area contributed by atoms with Crippen LogP contribution in [0.15, 0.2) is 76.0 Å². The van der Waals surface area contributed by atoms with Crippen LogP contribution in [0.25, 0.3) is 0 Å². The molecule has 146 valence electrons. The lowest BCUT2D eigenvalue weighted by molar-refractivity contribution is 0.0562. The lowest BCUT2D eigenvalue weighted by atomic mass is 10.2. The first-order valence-corrected chi connectivity index (χ1v) is 10.2. The maximum absolute atomic E-state index is 13.2. The summed E-state index contributed by atoms with van der Waals surface area (Å²) < 4.78 is 37.8. The topological polar surface area (TPSA) is 76.8 Å². The number of methoxy groups -OCH3 is 1. The molecular formula is C20H18ClNO5S. The standard InChI is InChI=1S/C20H18ClNO5S/c1-26-20(23)19-11-10-17(27-19)14-22(13-15-6-3-2-4-7-15)28(24,25)18-9-5-8-16(21)12-18/h2-12H,13-14H2,1H3. The normalized spacial score (nSPS) is 11.5. The third-order valence-corrected chi connectivity index (χ3v) is 6.04. The molecule has 0 N–H and O–H groups in total. The van der Waals surface area contributed by atoms with Gasteiger partial charge >= 0.3 is 5.97 Å². The zero-order chi connectivity index (χ0) is 20.1. The van der Waals surface area contributed by atoms with Crippen LogP contribution in [0.2, 0.25) is 5.02 Å². The predicted octanol–water partition coefficient (Wildman–Crippen LogP) is 4.11. The molecular weight excluding hydrogens is 402 g/mol. The summed E-state index contributed by atoms with van der Waals surface area (Å²) >= 11 is 5.98. The Kier molecular flexibility index (Phi) is 6.18. The van der Waals surface area contributed by atoms with E-state index in [-0.39, 0.29) is 23.7 Å². The lowest BCUT2D eigenvalue weighted by Crippen LogP contribution is -2.30. The number of carbonyl (C=O) groups excluding carboxylic acids is 1. The monoisotopic (exact) mass is 419 g/mol. The third-order valence-electron chi connectivity index (χ3n) is 4.02. The molecule has 1 heterocycles. The van der Waals surface area contributed by atoms with Gasteiger partial charge in [0.25, 0.3) is 0 Å². The van der Waals surface area contributed by atoms with Crippen molar-refractivity contribution in [3.05, 3.63) is 88.8 Å². The second-order valence-electron chi connectivity index (χ2n) is 5.97. The molecule has 0 fully saturated rings. The van der Waals surface area contributed by atoms with Crippen molar-refractivity contribution in [3.8, 4) is 0 Å². The second-order valence-corrected chi connectivity index (χ2v) is 8.35. The van der Waals surface area contributed by atoms with Crippen LogP contribution in [0.5, 0.6) is 0 Å². The highest BCUT2D eigenvalue weighted by Crippen LogP contribution is 2.24. The molecule has 0 radical (unpaired) electrons. The summed E-state index contributed by atoms with van der Waals surface area (Å²) in [6, 6.07) is 18.3. The number of nitrogens with zero attached hydrogens (tertiary/aromatic N) is 1. The van der Waals surface area contributed by atoms with Crippen molar-refractivity contribution in [3.63, 3.8) is 0 Å². The van der Waals surface area contributed by atoms with E-state index in [0.29, 0.717) is 10.8 Å². The van der Waals surface area contributed by atoms with E-state index in [0.717, 1.165) is 5.56 Å². The van der Waals surface area contributed by atoms with Crippen molar-refractivity contribution in [2.45, 2.75) is 18.0 Å². The first kappa shape index (κ1) is 20.1. The Balaban J connectivity index is 1.95. The average molecular weight is 420 g/mol. The molecule has 8 heteroatoms. The highest BCUT2D eigenvalue weighted by molar-refractivity contribution is 7.89. The molecule has 1 aromatic heterocycles. The van der Waals surface area contributed by atoms with Crippen molar-refractivity contribution in [1.82, 2.24) is 4.31 Å². The number of esters is 1. The van der Waals surface area contributed by atoms with Crippen LogP contribution in [0.1, 0.15) is 21.9 Å². The highest BCUT2D eigenvalue weighted by Gasteiger charge is 2.26. The molecule has 0 aliphatic heterocycles. The molecule has 0 unspecified atom stereocenters. The van der Waals surface area contributed by atoms with Gasteiger partial charge in [0.05, 0.1) is 18.6 Å². The number of hydrogen-bond donors (Lipinski definition) is 0. The van der Waals surface area contributed by atoms with Gasteiger partial charge in [0.2, 0.25) is 15.8 Å². The van der Waals surface area contributed by atoms with Crippen LogP contribution >= 0.6 is 11.6 Å².